The highest BCUT2D eigenvalue weighted by atomic mass is 79.9. The van der Waals surface area contributed by atoms with Crippen LogP contribution in [0.2, 0.25) is 0 Å². The SMILES string of the molecule is COc1ccc(C=NNC(=O)CSc2nc3ccccc3c(=O)n2-c2ccccc2C)cc1Br. The maximum absolute atomic E-state index is 13.3. The first-order valence-corrected chi connectivity index (χ1v) is 12.1. The number of benzene rings is 3. The fourth-order valence-corrected chi connectivity index (χ4v) is 4.70. The number of carbonyl (C=O) groups is 1. The van der Waals surface area contributed by atoms with Gasteiger partial charge in [0.1, 0.15) is 5.75 Å². The highest BCUT2D eigenvalue weighted by Gasteiger charge is 2.15. The predicted molar refractivity (Wildman–Crippen MR) is 139 cm³/mol. The van der Waals surface area contributed by atoms with Gasteiger partial charge in [0.05, 0.1) is 40.1 Å². The Morgan fingerprint density at radius 3 is 2.71 bits per heavy atom. The van der Waals surface area contributed by atoms with Crippen molar-refractivity contribution in [2.45, 2.75) is 12.1 Å². The molecule has 0 aliphatic rings. The molecule has 1 heterocycles. The van der Waals surface area contributed by atoms with E-state index < -0.39 is 0 Å². The minimum absolute atomic E-state index is 0.0420. The summed E-state index contributed by atoms with van der Waals surface area (Å²) in [6, 6.07) is 20.3. The summed E-state index contributed by atoms with van der Waals surface area (Å²) >= 11 is 4.60. The van der Waals surface area contributed by atoms with Gasteiger partial charge in [0.2, 0.25) is 0 Å². The molecule has 0 unspecified atom stereocenters. The number of methoxy groups -OCH3 is 1. The zero-order valence-corrected chi connectivity index (χ0v) is 20.9. The second-order valence-corrected chi connectivity index (χ2v) is 9.11. The highest BCUT2D eigenvalue weighted by Crippen LogP contribution is 2.25. The Morgan fingerprint density at radius 1 is 1.18 bits per heavy atom. The van der Waals surface area contributed by atoms with Gasteiger partial charge >= 0.3 is 0 Å². The molecule has 172 valence electrons. The summed E-state index contributed by atoms with van der Waals surface area (Å²) in [7, 11) is 1.59. The van der Waals surface area contributed by atoms with Crippen LogP contribution < -0.4 is 15.7 Å². The highest BCUT2D eigenvalue weighted by molar-refractivity contribution is 9.10. The Morgan fingerprint density at radius 2 is 1.94 bits per heavy atom. The molecule has 1 N–H and O–H groups in total. The van der Waals surface area contributed by atoms with E-state index in [1.807, 2.05) is 55.5 Å². The smallest absolute Gasteiger partial charge is 0.266 e. The van der Waals surface area contributed by atoms with Crippen LogP contribution in [0, 0.1) is 6.92 Å². The zero-order chi connectivity index (χ0) is 24.1. The fourth-order valence-electron chi connectivity index (χ4n) is 3.34. The van der Waals surface area contributed by atoms with Crippen molar-refractivity contribution in [3.05, 3.63) is 92.7 Å². The number of hydrogen-bond donors (Lipinski definition) is 1. The van der Waals surface area contributed by atoms with Crippen LogP contribution in [0.15, 0.2) is 86.3 Å². The molecule has 7 nitrogen and oxygen atoms in total. The van der Waals surface area contributed by atoms with E-state index in [1.54, 1.807) is 36.1 Å². The molecule has 4 aromatic rings. The first-order valence-electron chi connectivity index (χ1n) is 10.3. The maximum Gasteiger partial charge on any atom is 0.266 e. The third-order valence-electron chi connectivity index (χ3n) is 5.01. The Balaban J connectivity index is 1.54. The molecular formula is C25H21BrN4O3S. The van der Waals surface area contributed by atoms with E-state index in [0.29, 0.717) is 21.8 Å². The molecule has 0 saturated carbocycles. The average molecular weight is 537 g/mol. The van der Waals surface area contributed by atoms with Gasteiger partial charge in [0, 0.05) is 0 Å². The van der Waals surface area contributed by atoms with Gasteiger partial charge in [-0.1, -0.05) is 42.1 Å². The minimum Gasteiger partial charge on any atom is -0.496 e. The number of nitrogens with one attached hydrogen (secondary N) is 1. The predicted octanol–water partition coefficient (Wildman–Crippen LogP) is 4.71. The number of aryl methyl sites for hydroxylation is 1. The molecule has 0 aliphatic heterocycles. The lowest BCUT2D eigenvalue weighted by atomic mass is 10.2. The molecule has 0 fully saturated rings. The zero-order valence-electron chi connectivity index (χ0n) is 18.5. The number of hydrazone groups is 1. The third kappa shape index (κ3) is 5.21. The topological polar surface area (TPSA) is 85.6 Å². The van der Waals surface area contributed by atoms with Gasteiger partial charge in [-0.25, -0.2) is 10.4 Å². The van der Waals surface area contributed by atoms with Gasteiger partial charge in [-0.05, 0) is 70.4 Å². The summed E-state index contributed by atoms with van der Waals surface area (Å²) in [6.45, 7) is 1.93. The first-order chi connectivity index (χ1) is 16.5. The Hall–Kier alpha value is -3.43. The number of rotatable bonds is 7. The molecule has 3 aromatic carbocycles. The Bertz CT molecular complexity index is 1450. The number of thioether (sulfide) groups is 1. The summed E-state index contributed by atoms with van der Waals surface area (Å²) < 4.78 is 7.56. The van der Waals surface area contributed by atoms with Crippen LogP contribution in [0.25, 0.3) is 16.6 Å². The maximum atomic E-state index is 13.3. The first kappa shape index (κ1) is 23.7. The normalized spacial score (nSPS) is 11.1. The monoisotopic (exact) mass is 536 g/mol. The minimum atomic E-state index is -0.312. The molecule has 1 amide bonds. The second-order valence-electron chi connectivity index (χ2n) is 7.31. The van der Waals surface area contributed by atoms with Crippen LogP contribution >= 0.6 is 27.7 Å². The van der Waals surface area contributed by atoms with Crippen molar-refractivity contribution in [2.75, 3.05) is 12.9 Å². The number of halogens is 1. The number of hydrogen-bond acceptors (Lipinski definition) is 6. The van der Waals surface area contributed by atoms with E-state index >= 15 is 0 Å². The van der Waals surface area contributed by atoms with Crippen LogP contribution in [0.3, 0.4) is 0 Å². The molecule has 0 bridgehead atoms. The van der Waals surface area contributed by atoms with Crippen LogP contribution in [-0.2, 0) is 4.79 Å². The molecule has 9 heteroatoms. The standard InChI is InChI=1S/C25H21BrN4O3S/c1-16-7-3-6-10-21(16)30-24(32)18-8-4-5-9-20(18)28-25(30)34-15-23(31)29-27-14-17-11-12-22(33-2)19(26)13-17/h3-14H,15H2,1-2H3,(H,29,31). The molecule has 1 aromatic heterocycles. The summed E-state index contributed by atoms with van der Waals surface area (Å²) in [4.78, 5) is 30.4. The van der Waals surface area contributed by atoms with Gasteiger partial charge in [-0.3, -0.25) is 14.2 Å². The van der Waals surface area contributed by atoms with E-state index in [4.69, 9.17) is 4.74 Å². The van der Waals surface area contributed by atoms with Crippen LogP contribution in [0.4, 0.5) is 0 Å². The second kappa shape index (κ2) is 10.7. The van der Waals surface area contributed by atoms with Gasteiger partial charge in [0.15, 0.2) is 5.16 Å². The van der Waals surface area contributed by atoms with Crippen molar-refractivity contribution in [2.24, 2.45) is 5.10 Å². The number of nitrogens with zero attached hydrogens (tertiary/aromatic N) is 3. The lowest BCUT2D eigenvalue weighted by Gasteiger charge is -2.14. The number of para-hydroxylation sites is 2. The van der Waals surface area contributed by atoms with Crippen LogP contribution in [0.5, 0.6) is 5.75 Å². The van der Waals surface area contributed by atoms with Crippen molar-refractivity contribution in [1.82, 2.24) is 15.0 Å². The van der Waals surface area contributed by atoms with Crippen molar-refractivity contribution >= 4 is 50.7 Å². The third-order valence-corrected chi connectivity index (χ3v) is 6.57. The largest absolute Gasteiger partial charge is 0.496 e. The van der Waals surface area contributed by atoms with E-state index in [9.17, 15) is 9.59 Å². The molecule has 0 saturated heterocycles. The summed E-state index contributed by atoms with van der Waals surface area (Å²) in [6.07, 6.45) is 1.55. The summed E-state index contributed by atoms with van der Waals surface area (Å²) in [5, 5.41) is 4.99. The quantitative estimate of drug-likeness (QED) is 0.160. The van der Waals surface area contributed by atoms with Crippen LogP contribution in [0.1, 0.15) is 11.1 Å². The Kier molecular flexibility index (Phi) is 7.44. The van der Waals surface area contributed by atoms with Crippen molar-refractivity contribution in [1.29, 1.82) is 0 Å². The van der Waals surface area contributed by atoms with Gasteiger partial charge in [-0.15, -0.1) is 0 Å². The summed E-state index contributed by atoms with van der Waals surface area (Å²) in [5.41, 5.74) is 5.39. The summed E-state index contributed by atoms with van der Waals surface area (Å²) in [5.74, 6) is 0.438. The molecule has 0 atom stereocenters. The lowest BCUT2D eigenvalue weighted by Crippen LogP contribution is -2.24. The lowest BCUT2D eigenvalue weighted by molar-refractivity contribution is -0.118. The van der Waals surface area contributed by atoms with Crippen molar-refractivity contribution in [3.63, 3.8) is 0 Å². The molecule has 0 spiro atoms. The van der Waals surface area contributed by atoms with E-state index in [0.717, 1.165) is 21.3 Å². The number of amides is 1. The van der Waals surface area contributed by atoms with Gasteiger partial charge in [0.25, 0.3) is 11.5 Å². The van der Waals surface area contributed by atoms with Crippen LogP contribution in [-0.4, -0.2) is 34.5 Å². The van der Waals surface area contributed by atoms with E-state index in [2.05, 4.69) is 31.4 Å². The Labute approximate surface area is 209 Å². The number of ether oxygens (including phenoxy) is 1. The molecule has 34 heavy (non-hydrogen) atoms. The molecule has 0 aliphatic carbocycles. The molecule has 4 rings (SSSR count). The van der Waals surface area contributed by atoms with E-state index in [1.165, 1.54) is 11.8 Å². The van der Waals surface area contributed by atoms with E-state index in [-0.39, 0.29) is 17.2 Å². The van der Waals surface area contributed by atoms with Crippen molar-refractivity contribution in [3.8, 4) is 11.4 Å². The van der Waals surface area contributed by atoms with Gasteiger partial charge in [-0.2, -0.15) is 5.10 Å². The van der Waals surface area contributed by atoms with Gasteiger partial charge < -0.3 is 4.74 Å². The average Bonchev–Trinajstić information content (AvgIpc) is 2.84. The number of carbonyl (C=O) groups excluding carboxylic acids is 1. The number of fused-ring (bicyclic) bond motifs is 1. The number of aromatic nitrogens is 2. The van der Waals surface area contributed by atoms with Crippen molar-refractivity contribution < 1.29 is 9.53 Å². The molecular weight excluding hydrogens is 516 g/mol. The molecule has 0 radical (unpaired) electrons. The fraction of sp³-hybridized carbons (Fsp3) is 0.120.